The van der Waals surface area contributed by atoms with Gasteiger partial charge in [0, 0.05) is 25.2 Å². The van der Waals surface area contributed by atoms with Crippen molar-refractivity contribution in [1.82, 2.24) is 10.2 Å². The predicted octanol–water partition coefficient (Wildman–Crippen LogP) is 0.833. The first kappa shape index (κ1) is 7.56. The third-order valence-corrected chi connectivity index (χ3v) is 2.96. The minimum Gasteiger partial charge on any atom is -0.311 e. The van der Waals surface area contributed by atoms with Gasteiger partial charge in [-0.2, -0.15) is 0 Å². The molecule has 0 aromatic heterocycles. The first-order valence-corrected chi connectivity index (χ1v) is 4.83. The van der Waals surface area contributed by atoms with Crippen LogP contribution in [0.4, 0.5) is 0 Å². The molecule has 1 N–H and O–H groups in total. The molecule has 2 rings (SSSR count). The average Bonchev–Trinajstić information content (AvgIpc) is 2.04. The molecule has 11 heavy (non-hydrogen) atoms. The van der Waals surface area contributed by atoms with Gasteiger partial charge in [-0.25, -0.2) is 0 Å². The number of piperazine rings is 1. The van der Waals surface area contributed by atoms with Gasteiger partial charge in [0.05, 0.1) is 0 Å². The number of hydrogen-bond donors (Lipinski definition) is 1. The number of nitrogens with zero attached hydrogens (tertiary/aromatic N) is 1. The van der Waals surface area contributed by atoms with Gasteiger partial charge in [0.2, 0.25) is 0 Å². The molecular weight excluding hydrogens is 136 g/mol. The maximum absolute atomic E-state index is 3.54. The molecule has 2 heterocycles. The van der Waals surface area contributed by atoms with Gasteiger partial charge in [0.25, 0.3) is 0 Å². The van der Waals surface area contributed by atoms with Crippen molar-refractivity contribution in [2.24, 2.45) is 0 Å². The van der Waals surface area contributed by atoms with Crippen molar-refractivity contribution >= 4 is 0 Å². The van der Waals surface area contributed by atoms with Gasteiger partial charge in [-0.3, -0.25) is 4.90 Å². The fourth-order valence-corrected chi connectivity index (χ4v) is 2.29. The van der Waals surface area contributed by atoms with E-state index in [1.54, 1.807) is 0 Å². The highest BCUT2D eigenvalue weighted by Gasteiger charge is 2.27. The molecule has 2 aliphatic heterocycles. The molecule has 0 aromatic carbocycles. The standard InChI is InChI=1S/C9H18N2/c1-8-7-11-5-3-2-4-9(11)6-10-8/h8-10H,2-7H2,1H3/t8-,9?/m0/s1. The van der Waals surface area contributed by atoms with Crippen LogP contribution in [0.2, 0.25) is 0 Å². The van der Waals surface area contributed by atoms with E-state index in [0.29, 0.717) is 6.04 Å². The molecule has 1 unspecified atom stereocenters. The normalized spacial score (nSPS) is 40.1. The quantitative estimate of drug-likeness (QED) is 0.556. The van der Waals surface area contributed by atoms with Crippen LogP contribution in [0.15, 0.2) is 0 Å². The Balaban J connectivity index is 1.93. The number of fused-ring (bicyclic) bond motifs is 1. The van der Waals surface area contributed by atoms with E-state index in [4.69, 9.17) is 0 Å². The van der Waals surface area contributed by atoms with E-state index < -0.39 is 0 Å². The van der Waals surface area contributed by atoms with Gasteiger partial charge in [-0.15, -0.1) is 0 Å². The Morgan fingerprint density at radius 2 is 2.27 bits per heavy atom. The van der Waals surface area contributed by atoms with E-state index in [1.807, 2.05) is 0 Å². The zero-order chi connectivity index (χ0) is 7.68. The van der Waals surface area contributed by atoms with Crippen molar-refractivity contribution in [3.8, 4) is 0 Å². The highest BCUT2D eigenvalue weighted by atomic mass is 15.2. The van der Waals surface area contributed by atoms with Crippen LogP contribution in [0.3, 0.4) is 0 Å². The number of piperidine rings is 1. The minimum atomic E-state index is 0.712. The molecule has 2 heteroatoms. The lowest BCUT2D eigenvalue weighted by Gasteiger charge is -2.42. The van der Waals surface area contributed by atoms with Crippen molar-refractivity contribution in [2.45, 2.75) is 38.3 Å². The highest BCUT2D eigenvalue weighted by Crippen LogP contribution is 2.18. The summed E-state index contributed by atoms with van der Waals surface area (Å²) in [6.07, 6.45) is 4.28. The highest BCUT2D eigenvalue weighted by molar-refractivity contribution is 4.86. The van der Waals surface area contributed by atoms with Crippen LogP contribution in [-0.4, -0.2) is 36.6 Å². The third-order valence-electron chi connectivity index (χ3n) is 2.96. The number of nitrogens with one attached hydrogen (secondary N) is 1. The molecule has 0 saturated carbocycles. The van der Waals surface area contributed by atoms with Gasteiger partial charge < -0.3 is 5.32 Å². The third kappa shape index (κ3) is 1.57. The SMILES string of the molecule is C[C@H]1CN2CCCCC2CN1. The van der Waals surface area contributed by atoms with Gasteiger partial charge in [0.15, 0.2) is 0 Å². The van der Waals surface area contributed by atoms with Gasteiger partial charge in [-0.1, -0.05) is 6.42 Å². The Labute approximate surface area is 69.0 Å². The van der Waals surface area contributed by atoms with Crippen molar-refractivity contribution in [3.05, 3.63) is 0 Å². The second-order valence-electron chi connectivity index (χ2n) is 3.95. The van der Waals surface area contributed by atoms with E-state index in [1.165, 1.54) is 38.9 Å². The molecular formula is C9H18N2. The molecule has 0 bridgehead atoms. The summed E-state index contributed by atoms with van der Waals surface area (Å²) in [5.74, 6) is 0. The molecule has 0 aliphatic carbocycles. The van der Waals surface area contributed by atoms with E-state index in [2.05, 4.69) is 17.1 Å². The topological polar surface area (TPSA) is 15.3 Å². The second-order valence-corrected chi connectivity index (χ2v) is 3.95. The number of hydrogen-bond acceptors (Lipinski definition) is 2. The second kappa shape index (κ2) is 3.11. The van der Waals surface area contributed by atoms with Crippen molar-refractivity contribution in [1.29, 1.82) is 0 Å². The summed E-state index contributed by atoms with van der Waals surface area (Å²) in [5, 5.41) is 3.54. The molecule has 2 fully saturated rings. The maximum atomic E-state index is 3.54. The van der Waals surface area contributed by atoms with Crippen LogP contribution in [0.25, 0.3) is 0 Å². The summed E-state index contributed by atoms with van der Waals surface area (Å²) < 4.78 is 0. The first-order chi connectivity index (χ1) is 5.36. The summed E-state index contributed by atoms with van der Waals surface area (Å²) in [6, 6.07) is 1.57. The lowest BCUT2D eigenvalue weighted by atomic mass is 9.99. The van der Waals surface area contributed by atoms with Gasteiger partial charge >= 0.3 is 0 Å². The van der Waals surface area contributed by atoms with Crippen LogP contribution in [0.5, 0.6) is 0 Å². The molecule has 2 saturated heterocycles. The largest absolute Gasteiger partial charge is 0.311 e. The zero-order valence-electron chi connectivity index (χ0n) is 7.34. The van der Waals surface area contributed by atoms with Crippen LogP contribution in [0, 0.1) is 0 Å². The maximum Gasteiger partial charge on any atom is 0.0221 e. The Morgan fingerprint density at radius 3 is 3.18 bits per heavy atom. The molecule has 0 amide bonds. The van der Waals surface area contributed by atoms with Crippen LogP contribution >= 0.6 is 0 Å². The average molecular weight is 154 g/mol. The summed E-state index contributed by atoms with van der Waals surface area (Å²) in [7, 11) is 0. The molecule has 0 radical (unpaired) electrons. The van der Waals surface area contributed by atoms with Crippen molar-refractivity contribution in [3.63, 3.8) is 0 Å². The van der Waals surface area contributed by atoms with E-state index in [0.717, 1.165) is 6.04 Å². The molecule has 64 valence electrons. The fraction of sp³-hybridized carbons (Fsp3) is 1.00. The van der Waals surface area contributed by atoms with E-state index in [9.17, 15) is 0 Å². The van der Waals surface area contributed by atoms with Crippen molar-refractivity contribution < 1.29 is 0 Å². The van der Waals surface area contributed by atoms with Gasteiger partial charge in [0.1, 0.15) is 0 Å². The van der Waals surface area contributed by atoms with Crippen molar-refractivity contribution in [2.75, 3.05) is 19.6 Å². The number of rotatable bonds is 0. The van der Waals surface area contributed by atoms with E-state index in [-0.39, 0.29) is 0 Å². The fourth-order valence-electron chi connectivity index (χ4n) is 2.29. The Bertz CT molecular complexity index is 136. The molecule has 2 aliphatic rings. The summed E-state index contributed by atoms with van der Waals surface area (Å²) in [5.41, 5.74) is 0. The summed E-state index contributed by atoms with van der Waals surface area (Å²) in [6.45, 7) is 6.12. The Hall–Kier alpha value is -0.0800. The van der Waals surface area contributed by atoms with Crippen LogP contribution in [0.1, 0.15) is 26.2 Å². The summed E-state index contributed by atoms with van der Waals surface area (Å²) in [4.78, 5) is 2.66. The molecule has 0 aromatic rings. The molecule has 0 spiro atoms. The first-order valence-electron chi connectivity index (χ1n) is 4.83. The lowest BCUT2D eigenvalue weighted by molar-refractivity contribution is 0.0995. The minimum absolute atomic E-state index is 0.712. The van der Waals surface area contributed by atoms with Gasteiger partial charge in [-0.05, 0) is 26.3 Å². The lowest BCUT2D eigenvalue weighted by Crippen LogP contribution is -2.56. The predicted molar refractivity (Wildman–Crippen MR) is 46.7 cm³/mol. The summed E-state index contributed by atoms with van der Waals surface area (Å²) >= 11 is 0. The monoisotopic (exact) mass is 154 g/mol. The molecule has 2 atom stereocenters. The molecule has 2 nitrogen and oxygen atoms in total. The van der Waals surface area contributed by atoms with Crippen LogP contribution < -0.4 is 5.32 Å². The Kier molecular flexibility index (Phi) is 2.14. The van der Waals surface area contributed by atoms with Crippen LogP contribution in [-0.2, 0) is 0 Å². The Morgan fingerprint density at radius 1 is 1.36 bits per heavy atom. The van der Waals surface area contributed by atoms with E-state index >= 15 is 0 Å². The zero-order valence-corrected chi connectivity index (χ0v) is 7.34. The smallest absolute Gasteiger partial charge is 0.0221 e.